The van der Waals surface area contributed by atoms with Crippen LogP contribution in [0.4, 0.5) is 0 Å². The zero-order valence-electron chi connectivity index (χ0n) is 12.9. The molecule has 0 radical (unpaired) electrons. The second-order valence-electron chi connectivity index (χ2n) is 5.60. The predicted molar refractivity (Wildman–Crippen MR) is 82.6 cm³/mol. The van der Waals surface area contributed by atoms with Gasteiger partial charge in [-0.2, -0.15) is 5.10 Å². The lowest BCUT2D eigenvalue weighted by molar-refractivity contribution is -0.121. The van der Waals surface area contributed by atoms with Gasteiger partial charge in [0.15, 0.2) is 0 Å². The number of hydrogen-bond acceptors (Lipinski definition) is 4. The van der Waals surface area contributed by atoms with Crippen LogP contribution in [0.25, 0.3) is 0 Å². The highest BCUT2D eigenvalue weighted by atomic mass is 16.1. The molecule has 118 valence electrons. The first-order valence-electron chi connectivity index (χ1n) is 7.96. The van der Waals surface area contributed by atoms with Crippen LogP contribution in [0.3, 0.4) is 0 Å². The van der Waals surface area contributed by atoms with Crippen molar-refractivity contribution < 1.29 is 4.79 Å². The van der Waals surface area contributed by atoms with E-state index in [9.17, 15) is 4.79 Å². The fraction of sp³-hybridized carbons (Fsp3) is 0.733. The molecule has 0 aromatic carbocycles. The second-order valence-corrected chi connectivity index (χ2v) is 5.60. The molecule has 0 saturated carbocycles. The molecule has 1 unspecified atom stereocenters. The van der Waals surface area contributed by atoms with E-state index in [4.69, 9.17) is 5.73 Å². The molecule has 1 aromatic rings. The van der Waals surface area contributed by atoms with Gasteiger partial charge in [-0.3, -0.25) is 14.4 Å². The lowest BCUT2D eigenvalue weighted by Gasteiger charge is -2.35. The van der Waals surface area contributed by atoms with Crippen molar-refractivity contribution in [2.75, 3.05) is 19.6 Å². The van der Waals surface area contributed by atoms with Crippen molar-refractivity contribution >= 4 is 5.91 Å². The molecule has 1 amide bonds. The molecular formula is C15H27N5O. The van der Waals surface area contributed by atoms with Gasteiger partial charge in [0.05, 0.1) is 5.69 Å². The van der Waals surface area contributed by atoms with E-state index < -0.39 is 0 Å². The van der Waals surface area contributed by atoms with Crippen molar-refractivity contribution in [2.24, 2.45) is 5.73 Å². The van der Waals surface area contributed by atoms with Gasteiger partial charge in [0, 0.05) is 44.8 Å². The molecule has 6 nitrogen and oxygen atoms in total. The fourth-order valence-electron chi connectivity index (χ4n) is 2.94. The summed E-state index contributed by atoms with van der Waals surface area (Å²) in [6, 6.07) is 2.50. The highest BCUT2D eigenvalue weighted by Gasteiger charge is 2.23. The largest absolute Gasteiger partial charge is 0.354 e. The number of piperidine rings is 1. The molecule has 2 heterocycles. The van der Waals surface area contributed by atoms with Crippen LogP contribution >= 0.6 is 0 Å². The zero-order valence-corrected chi connectivity index (χ0v) is 12.9. The predicted octanol–water partition coefficient (Wildman–Crippen LogP) is 0.723. The van der Waals surface area contributed by atoms with Crippen LogP contribution in [0, 0.1) is 0 Å². The molecular weight excluding hydrogens is 266 g/mol. The van der Waals surface area contributed by atoms with E-state index >= 15 is 0 Å². The summed E-state index contributed by atoms with van der Waals surface area (Å²) in [7, 11) is 0. The number of hydrogen-bond donors (Lipinski definition) is 2. The Bertz CT molecular complexity index is 445. The summed E-state index contributed by atoms with van der Waals surface area (Å²) >= 11 is 0. The topological polar surface area (TPSA) is 76.2 Å². The second kappa shape index (κ2) is 8.14. The summed E-state index contributed by atoms with van der Waals surface area (Å²) in [5.74, 6) is 0.0571. The Labute approximate surface area is 126 Å². The van der Waals surface area contributed by atoms with Gasteiger partial charge in [-0.25, -0.2) is 0 Å². The number of likely N-dealkylation sites (tertiary alicyclic amines) is 1. The number of aromatic nitrogens is 2. The zero-order chi connectivity index (χ0) is 15.1. The van der Waals surface area contributed by atoms with Gasteiger partial charge in [0.2, 0.25) is 5.91 Å². The standard InChI is InChI=1S/C15H27N5O/c1-2-20-14(7-9-18-20)12-19-10-4-3-5-13(19)11-17-15(21)6-8-16/h7,9,13H,2-6,8,10-12,16H2,1H3,(H,17,21). The average molecular weight is 293 g/mol. The van der Waals surface area contributed by atoms with E-state index in [0.717, 1.165) is 32.6 Å². The molecule has 1 aromatic heterocycles. The summed E-state index contributed by atoms with van der Waals surface area (Å²) in [6.07, 6.45) is 5.88. The van der Waals surface area contributed by atoms with Gasteiger partial charge in [-0.15, -0.1) is 0 Å². The van der Waals surface area contributed by atoms with Gasteiger partial charge in [-0.05, 0) is 32.4 Å². The lowest BCUT2D eigenvalue weighted by Crippen LogP contribution is -2.46. The Hall–Kier alpha value is -1.40. The Morgan fingerprint density at radius 1 is 1.52 bits per heavy atom. The molecule has 0 aliphatic carbocycles. The van der Waals surface area contributed by atoms with Crippen LogP contribution in [0.1, 0.15) is 38.3 Å². The van der Waals surface area contributed by atoms with Gasteiger partial charge >= 0.3 is 0 Å². The minimum Gasteiger partial charge on any atom is -0.354 e. The van der Waals surface area contributed by atoms with Crippen molar-refractivity contribution in [3.8, 4) is 0 Å². The Kier molecular flexibility index (Phi) is 6.20. The maximum atomic E-state index is 11.6. The summed E-state index contributed by atoms with van der Waals surface area (Å²) < 4.78 is 2.04. The van der Waals surface area contributed by atoms with Crippen LogP contribution in [-0.4, -0.2) is 46.3 Å². The van der Waals surface area contributed by atoms with Gasteiger partial charge < -0.3 is 11.1 Å². The fourth-order valence-corrected chi connectivity index (χ4v) is 2.94. The third-order valence-corrected chi connectivity index (χ3v) is 4.12. The Morgan fingerprint density at radius 3 is 3.14 bits per heavy atom. The molecule has 1 fully saturated rings. The van der Waals surface area contributed by atoms with Gasteiger partial charge in [0.25, 0.3) is 0 Å². The van der Waals surface area contributed by atoms with E-state index in [2.05, 4.69) is 28.3 Å². The number of carbonyl (C=O) groups is 1. The van der Waals surface area contributed by atoms with E-state index in [1.807, 2.05) is 10.9 Å². The van der Waals surface area contributed by atoms with Crippen molar-refractivity contribution in [3.63, 3.8) is 0 Å². The number of nitrogens with two attached hydrogens (primary N) is 1. The number of carbonyl (C=O) groups excluding carboxylic acids is 1. The highest BCUT2D eigenvalue weighted by molar-refractivity contribution is 5.76. The first-order chi connectivity index (χ1) is 10.2. The summed E-state index contributed by atoms with van der Waals surface area (Å²) in [6.45, 7) is 6.14. The molecule has 1 aliphatic rings. The van der Waals surface area contributed by atoms with E-state index in [0.29, 0.717) is 19.0 Å². The Morgan fingerprint density at radius 2 is 2.38 bits per heavy atom. The molecule has 0 spiro atoms. The van der Waals surface area contributed by atoms with E-state index in [1.54, 1.807) is 0 Å². The SMILES string of the molecule is CCn1nccc1CN1CCCCC1CNC(=O)CCN. The van der Waals surface area contributed by atoms with Crippen molar-refractivity contribution in [3.05, 3.63) is 18.0 Å². The van der Waals surface area contributed by atoms with Crippen LogP contribution in [-0.2, 0) is 17.9 Å². The molecule has 1 aliphatic heterocycles. The monoisotopic (exact) mass is 293 g/mol. The summed E-state index contributed by atoms with van der Waals surface area (Å²) in [4.78, 5) is 14.1. The molecule has 1 atom stereocenters. The average Bonchev–Trinajstić information content (AvgIpc) is 2.94. The van der Waals surface area contributed by atoms with Crippen LogP contribution in [0.15, 0.2) is 12.3 Å². The van der Waals surface area contributed by atoms with E-state index in [1.165, 1.54) is 18.5 Å². The minimum absolute atomic E-state index is 0.0571. The minimum atomic E-state index is 0.0571. The number of rotatable bonds is 7. The summed E-state index contributed by atoms with van der Waals surface area (Å²) in [5, 5.41) is 7.34. The molecule has 0 bridgehead atoms. The molecule has 1 saturated heterocycles. The van der Waals surface area contributed by atoms with Crippen molar-refractivity contribution in [1.29, 1.82) is 0 Å². The molecule has 3 N–H and O–H groups in total. The summed E-state index contributed by atoms with van der Waals surface area (Å²) in [5.41, 5.74) is 6.65. The number of nitrogens with zero attached hydrogens (tertiary/aromatic N) is 3. The third kappa shape index (κ3) is 4.54. The van der Waals surface area contributed by atoms with Gasteiger partial charge in [-0.1, -0.05) is 6.42 Å². The third-order valence-electron chi connectivity index (χ3n) is 4.12. The molecule has 6 heteroatoms. The highest BCUT2D eigenvalue weighted by Crippen LogP contribution is 2.19. The number of nitrogens with one attached hydrogen (secondary N) is 1. The van der Waals surface area contributed by atoms with Crippen molar-refractivity contribution in [1.82, 2.24) is 20.0 Å². The number of amides is 1. The molecule has 21 heavy (non-hydrogen) atoms. The number of aryl methyl sites for hydroxylation is 1. The smallest absolute Gasteiger partial charge is 0.221 e. The van der Waals surface area contributed by atoms with Crippen LogP contribution < -0.4 is 11.1 Å². The van der Waals surface area contributed by atoms with Crippen molar-refractivity contribution in [2.45, 2.75) is 51.7 Å². The van der Waals surface area contributed by atoms with Crippen LogP contribution in [0.5, 0.6) is 0 Å². The molecule has 2 rings (SSSR count). The normalized spacial score (nSPS) is 19.6. The maximum Gasteiger partial charge on any atom is 0.221 e. The van der Waals surface area contributed by atoms with E-state index in [-0.39, 0.29) is 5.91 Å². The lowest BCUT2D eigenvalue weighted by atomic mass is 10.0. The maximum absolute atomic E-state index is 11.6. The van der Waals surface area contributed by atoms with Crippen LogP contribution in [0.2, 0.25) is 0 Å². The van der Waals surface area contributed by atoms with Gasteiger partial charge in [0.1, 0.15) is 0 Å². The first-order valence-corrected chi connectivity index (χ1v) is 7.96. The Balaban J connectivity index is 1.91. The first kappa shape index (κ1) is 16.0. The quantitative estimate of drug-likeness (QED) is 0.777.